The summed E-state index contributed by atoms with van der Waals surface area (Å²) in [5.41, 5.74) is 1.05. The zero-order valence-corrected chi connectivity index (χ0v) is 11.8. The van der Waals surface area contributed by atoms with Gasteiger partial charge in [-0.25, -0.2) is 0 Å². The molecule has 0 spiro atoms. The lowest BCUT2D eigenvalue weighted by atomic mass is 10.0. The fourth-order valence-electron chi connectivity index (χ4n) is 3.92. The molecule has 104 valence electrons. The minimum atomic E-state index is -0.303. The Bertz CT molecular complexity index is 425. The Kier molecular flexibility index (Phi) is 3.53. The summed E-state index contributed by atoms with van der Waals surface area (Å²) >= 11 is 0. The van der Waals surface area contributed by atoms with Crippen LogP contribution in [0.25, 0.3) is 0 Å². The molecule has 3 rings (SSSR count). The van der Waals surface area contributed by atoms with E-state index in [1.807, 2.05) is 12.1 Å². The molecule has 2 saturated carbocycles. The first kappa shape index (κ1) is 13.0. The van der Waals surface area contributed by atoms with E-state index in [4.69, 9.17) is 4.74 Å². The lowest BCUT2D eigenvalue weighted by Gasteiger charge is -2.09. The Balaban J connectivity index is 1.55. The molecule has 1 N–H and O–H groups in total. The summed E-state index contributed by atoms with van der Waals surface area (Å²) in [6.07, 6.45) is 8.32. The molecule has 1 aromatic carbocycles. The normalized spacial score (nSPS) is 33.4. The number of rotatable bonds is 4. The van der Waals surface area contributed by atoms with E-state index >= 15 is 0 Å². The maximum atomic E-state index is 10.6. The number of hydrogen-bond acceptors (Lipinski definition) is 2. The lowest BCUT2D eigenvalue weighted by molar-refractivity contribution is 0.107. The smallest absolute Gasteiger partial charge is 0.118 e. The van der Waals surface area contributed by atoms with Crippen LogP contribution < -0.4 is 4.74 Å². The highest BCUT2D eigenvalue weighted by Gasteiger charge is 2.62. The zero-order valence-electron chi connectivity index (χ0n) is 11.8. The Morgan fingerprint density at radius 2 is 2.00 bits per heavy atom. The van der Waals surface area contributed by atoms with Gasteiger partial charge in [0.25, 0.3) is 0 Å². The van der Waals surface area contributed by atoms with Crippen molar-refractivity contribution in [2.24, 2.45) is 11.8 Å². The highest BCUT2D eigenvalue weighted by atomic mass is 16.5. The second-order valence-electron chi connectivity index (χ2n) is 6.19. The molecule has 0 amide bonds. The summed E-state index contributed by atoms with van der Waals surface area (Å²) in [5, 5.41) is 10.6. The van der Waals surface area contributed by atoms with Crippen LogP contribution in [-0.4, -0.2) is 17.8 Å². The van der Waals surface area contributed by atoms with E-state index in [2.05, 4.69) is 12.1 Å². The standard InChI is InChI=1S/C17H24O2/c1-19-14-9-6-13(7-10-14)8-11-16-15-5-3-2-4-12-17(15,16)18/h6-7,9-10,15-16,18H,2-5,8,11-12H2,1H3. The van der Waals surface area contributed by atoms with E-state index in [-0.39, 0.29) is 5.60 Å². The molecule has 1 aromatic rings. The van der Waals surface area contributed by atoms with Crippen molar-refractivity contribution in [3.05, 3.63) is 29.8 Å². The van der Waals surface area contributed by atoms with Crippen LogP contribution in [0.2, 0.25) is 0 Å². The largest absolute Gasteiger partial charge is 0.497 e. The molecular weight excluding hydrogens is 236 g/mol. The molecule has 0 aliphatic heterocycles. The fraction of sp³-hybridized carbons (Fsp3) is 0.647. The van der Waals surface area contributed by atoms with E-state index in [0.29, 0.717) is 11.8 Å². The average molecular weight is 260 g/mol. The minimum absolute atomic E-state index is 0.303. The van der Waals surface area contributed by atoms with E-state index in [1.54, 1.807) is 7.11 Å². The summed E-state index contributed by atoms with van der Waals surface area (Å²) in [6.45, 7) is 0. The van der Waals surface area contributed by atoms with Gasteiger partial charge in [0.1, 0.15) is 5.75 Å². The maximum Gasteiger partial charge on any atom is 0.118 e. The van der Waals surface area contributed by atoms with Gasteiger partial charge in [0.05, 0.1) is 12.7 Å². The van der Waals surface area contributed by atoms with Gasteiger partial charge in [-0.3, -0.25) is 0 Å². The topological polar surface area (TPSA) is 29.5 Å². The Labute approximate surface area is 115 Å². The summed E-state index contributed by atoms with van der Waals surface area (Å²) in [6, 6.07) is 8.33. The highest BCUT2D eigenvalue weighted by molar-refractivity contribution is 5.27. The molecule has 0 aromatic heterocycles. The molecule has 2 aliphatic carbocycles. The Morgan fingerprint density at radius 3 is 2.74 bits per heavy atom. The van der Waals surface area contributed by atoms with Crippen molar-refractivity contribution in [3.8, 4) is 5.75 Å². The summed E-state index contributed by atoms with van der Waals surface area (Å²) in [4.78, 5) is 0. The number of methoxy groups -OCH3 is 1. The molecule has 3 atom stereocenters. The number of hydrogen-bond donors (Lipinski definition) is 1. The number of fused-ring (bicyclic) bond motifs is 1. The quantitative estimate of drug-likeness (QED) is 0.896. The van der Waals surface area contributed by atoms with Gasteiger partial charge in [0.2, 0.25) is 0 Å². The van der Waals surface area contributed by atoms with Crippen LogP contribution in [0, 0.1) is 11.8 Å². The number of aryl methyl sites for hydroxylation is 1. The molecule has 0 radical (unpaired) electrons. The molecule has 2 nitrogen and oxygen atoms in total. The van der Waals surface area contributed by atoms with Crippen LogP contribution in [0.15, 0.2) is 24.3 Å². The highest BCUT2D eigenvalue weighted by Crippen LogP contribution is 2.59. The molecule has 2 fully saturated rings. The van der Waals surface area contributed by atoms with Crippen LogP contribution in [-0.2, 0) is 6.42 Å². The van der Waals surface area contributed by atoms with Crippen molar-refractivity contribution in [2.75, 3.05) is 7.11 Å². The van der Waals surface area contributed by atoms with Gasteiger partial charge in [0, 0.05) is 0 Å². The third kappa shape index (κ3) is 2.51. The monoisotopic (exact) mass is 260 g/mol. The second-order valence-corrected chi connectivity index (χ2v) is 6.19. The van der Waals surface area contributed by atoms with Crippen molar-refractivity contribution in [3.63, 3.8) is 0 Å². The van der Waals surface area contributed by atoms with E-state index < -0.39 is 0 Å². The van der Waals surface area contributed by atoms with Crippen molar-refractivity contribution in [1.29, 1.82) is 0 Å². The third-order valence-electron chi connectivity index (χ3n) is 5.16. The lowest BCUT2D eigenvalue weighted by Crippen LogP contribution is -2.12. The van der Waals surface area contributed by atoms with Crippen LogP contribution in [0.1, 0.15) is 44.1 Å². The van der Waals surface area contributed by atoms with Gasteiger partial charge in [-0.2, -0.15) is 0 Å². The fourth-order valence-corrected chi connectivity index (χ4v) is 3.92. The van der Waals surface area contributed by atoms with Gasteiger partial charge in [-0.1, -0.05) is 31.4 Å². The predicted octanol–water partition coefficient (Wildman–Crippen LogP) is 3.57. The van der Waals surface area contributed by atoms with Crippen molar-refractivity contribution >= 4 is 0 Å². The van der Waals surface area contributed by atoms with Crippen LogP contribution in [0.3, 0.4) is 0 Å². The number of aliphatic hydroxyl groups is 1. The maximum absolute atomic E-state index is 10.6. The molecule has 0 heterocycles. The average Bonchev–Trinajstić information content (AvgIpc) is 3.05. The minimum Gasteiger partial charge on any atom is -0.497 e. The zero-order chi connectivity index (χ0) is 13.3. The van der Waals surface area contributed by atoms with Crippen LogP contribution >= 0.6 is 0 Å². The first-order valence-corrected chi connectivity index (χ1v) is 7.59. The summed E-state index contributed by atoms with van der Waals surface area (Å²) < 4.78 is 5.17. The van der Waals surface area contributed by atoms with Gasteiger partial charge in [0.15, 0.2) is 0 Å². The second kappa shape index (κ2) is 5.16. The van der Waals surface area contributed by atoms with Crippen LogP contribution in [0.4, 0.5) is 0 Å². The third-order valence-corrected chi connectivity index (χ3v) is 5.16. The molecule has 0 saturated heterocycles. The predicted molar refractivity (Wildman–Crippen MR) is 76.3 cm³/mol. The molecule has 3 unspecified atom stereocenters. The van der Waals surface area contributed by atoms with Gasteiger partial charge in [-0.15, -0.1) is 0 Å². The van der Waals surface area contributed by atoms with Crippen molar-refractivity contribution < 1.29 is 9.84 Å². The first-order valence-electron chi connectivity index (χ1n) is 7.59. The molecule has 2 aliphatic rings. The molecule has 19 heavy (non-hydrogen) atoms. The first-order chi connectivity index (χ1) is 9.24. The molecular formula is C17H24O2. The van der Waals surface area contributed by atoms with E-state index in [1.165, 1.54) is 31.2 Å². The van der Waals surface area contributed by atoms with E-state index in [9.17, 15) is 5.11 Å². The van der Waals surface area contributed by atoms with Crippen LogP contribution in [0.5, 0.6) is 5.75 Å². The van der Waals surface area contributed by atoms with Gasteiger partial charge < -0.3 is 9.84 Å². The summed E-state index contributed by atoms with van der Waals surface area (Å²) in [7, 11) is 1.70. The Morgan fingerprint density at radius 1 is 1.21 bits per heavy atom. The SMILES string of the molecule is COc1ccc(CCC2C3CCCCCC32O)cc1. The number of benzene rings is 1. The van der Waals surface area contributed by atoms with E-state index in [0.717, 1.165) is 25.0 Å². The Hall–Kier alpha value is -1.02. The molecule has 2 heteroatoms. The van der Waals surface area contributed by atoms with Gasteiger partial charge in [-0.05, 0) is 55.2 Å². The summed E-state index contributed by atoms with van der Waals surface area (Å²) in [5.74, 6) is 2.06. The molecule has 0 bridgehead atoms. The van der Waals surface area contributed by atoms with Gasteiger partial charge >= 0.3 is 0 Å². The number of ether oxygens (including phenoxy) is 1. The van der Waals surface area contributed by atoms with Crippen molar-refractivity contribution in [2.45, 2.75) is 50.5 Å². The van der Waals surface area contributed by atoms with Crippen molar-refractivity contribution in [1.82, 2.24) is 0 Å².